The average Bonchev–Trinajstić information content (AvgIpc) is 3.00. The van der Waals surface area contributed by atoms with Gasteiger partial charge in [0, 0.05) is 18.1 Å². The van der Waals surface area contributed by atoms with Crippen molar-refractivity contribution < 1.29 is 9.59 Å². The molecular weight excluding hydrogens is 422 g/mol. The lowest BCUT2D eigenvalue weighted by molar-refractivity contribution is -0.120. The van der Waals surface area contributed by atoms with Gasteiger partial charge in [0.15, 0.2) is 0 Å². The largest absolute Gasteiger partial charge is 0.366 e. The second-order valence-corrected chi connectivity index (χ2v) is 9.47. The quantitative estimate of drug-likeness (QED) is 0.638. The molecule has 2 aliphatic heterocycles. The van der Waals surface area contributed by atoms with Crippen LogP contribution in [0.5, 0.6) is 0 Å². The molecule has 2 amide bonds. The summed E-state index contributed by atoms with van der Waals surface area (Å²) >= 11 is 6.34. The van der Waals surface area contributed by atoms with E-state index in [-0.39, 0.29) is 17.9 Å². The van der Waals surface area contributed by atoms with Gasteiger partial charge in [0.05, 0.1) is 11.3 Å². The van der Waals surface area contributed by atoms with Crippen LogP contribution in [-0.4, -0.2) is 54.8 Å². The maximum atomic E-state index is 13.8. The molecular formula is C26H30ClN3O2. The second kappa shape index (κ2) is 8.72. The van der Waals surface area contributed by atoms with Crippen LogP contribution in [0.2, 0.25) is 5.02 Å². The normalized spacial score (nSPS) is 18.1. The first-order chi connectivity index (χ1) is 15.2. The molecule has 1 fully saturated rings. The molecule has 0 radical (unpaired) electrons. The molecule has 0 bridgehead atoms. The summed E-state index contributed by atoms with van der Waals surface area (Å²) in [5, 5.41) is 0.535. The van der Waals surface area contributed by atoms with Gasteiger partial charge in [-0.15, -0.1) is 0 Å². The van der Waals surface area contributed by atoms with Crippen LogP contribution in [0.15, 0.2) is 42.1 Å². The van der Waals surface area contributed by atoms with Gasteiger partial charge < -0.3 is 9.80 Å². The summed E-state index contributed by atoms with van der Waals surface area (Å²) in [5.74, 6) is -0.581. The Bertz CT molecular complexity index is 1120. The lowest BCUT2D eigenvalue weighted by Gasteiger charge is -2.36. The molecule has 2 aromatic carbocycles. The number of carbonyl (C=O) groups excluding carboxylic acids is 2. The van der Waals surface area contributed by atoms with Gasteiger partial charge in [0.2, 0.25) is 0 Å². The number of hydrogen-bond acceptors (Lipinski definition) is 4. The van der Waals surface area contributed by atoms with Gasteiger partial charge in [-0.25, -0.2) is 4.90 Å². The minimum Gasteiger partial charge on any atom is -0.366 e. The zero-order chi connectivity index (χ0) is 23.2. The lowest BCUT2D eigenvalue weighted by atomic mass is 9.96. The van der Waals surface area contributed by atoms with E-state index < -0.39 is 0 Å². The van der Waals surface area contributed by atoms with Gasteiger partial charge in [0.1, 0.15) is 5.70 Å². The topological polar surface area (TPSA) is 43.9 Å². The van der Waals surface area contributed by atoms with Crippen molar-refractivity contribution in [1.82, 2.24) is 9.80 Å². The van der Waals surface area contributed by atoms with Crippen LogP contribution >= 0.6 is 11.6 Å². The third kappa shape index (κ3) is 3.96. The molecule has 0 N–H and O–H groups in total. The summed E-state index contributed by atoms with van der Waals surface area (Å²) in [6.45, 7) is 7.87. The minimum absolute atomic E-state index is 0.209. The number of anilines is 1. The van der Waals surface area contributed by atoms with Crippen LogP contribution in [-0.2, 0) is 9.59 Å². The molecule has 4 rings (SSSR count). The Balaban J connectivity index is 1.83. The van der Waals surface area contributed by atoms with E-state index in [1.807, 2.05) is 50.9 Å². The molecule has 32 heavy (non-hydrogen) atoms. The van der Waals surface area contributed by atoms with Crippen molar-refractivity contribution in [1.29, 1.82) is 0 Å². The summed E-state index contributed by atoms with van der Waals surface area (Å²) in [6.07, 6.45) is 1.91. The number of nitrogens with zero attached hydrogens (tertiary/aromatic N) is 3. The number of rotatable bonds is 4. The number of amides is 2. The first kappa shape index (κ1) is 22.6. The van der Waals surface area contributed by atoms with Crippen LogP contribution in [0.25, 0.3) is 5.57 Å². The molecule has 0 saturated carbocycles. The second-order valence-electron chi connectivity index (χ2n) is 9.07. The first-order valence-electron chi connectivity index (χ1n) is 11.1. The number of halogens is 1. The summed E-state index contributed by atoms with van der Waals surface area (Å²) in [4.78, 5) is 33.2. The van der Waals surface area contributed by atoms with Crippen molar-refractivity contribution in [2.24, 2.45) is 0 Å². The number of carbonyl (C=O) groups is 2. The fourth-order valence-electron chi connectivity index (χ4n) is 4.70. The van der Waals surface area contributed by atoms with Gasteiger partial charge in [-0.05, 0) is 82.6 Å². The molecule has 0 aromatic heterocycles. The van der Waals surface area contributed by atoms with Crippen molar-refractivity contribution in [3.63, 3.8) is 0 Å². The van der Waals surface area contributed by atoms with Crippen molar-refractivity contribution >= 4 is 34.7 Å². The molecule has 168 valence electrons. The Morgan fingerprint density at radius 3 is 2.25 bits per heavy atom. The highest BCUT2D eigenvalue weighted by Gasteiger charge is 2.43. The molecule has 0 aliphatic carbocycles. The number of likely N-dealkylation sites (tertiary alicyclic amines) is 1. The van der Waals surface area contributed by atoms with Gasteiger partial charge in [-0.2, -0.15) is 0 Å². The van der Waals surface area contributed by atoms with Crippen LogP contribution in [0.3, 0.4) is 0 Å². The Morgan fingerprint density at radius 1 is 0.938 bits per heavy atom. The van der Waals surface area contributed by atoms with Crippen LogP contribution in [0.1, 0.15) is 35.1 Å². The molecule has 0 spiro atoms. The summed E-state index contributed by atoms with van der Waals surface area (Å²) in [7, 11) is 4.06. The average molecular weight is 452 g/mol. The zero-order valence-corrected chi connectivity index (χ0v) is 20.2. The van der Waals surface area contributed by atoms with Crippen LogP contribution < -0.4 is 4.90 Å². The van der Waals surface area contributed by atoms with Crippen LogP contribution in [0, 0.1) is 20.8 Å². The van der Waals surface area contributed by atoms with E-state index in [0.29, 0.717) is 22.0 Å². The van der Waals surface area contributed by atoms with E-state index in [0.717, 1.165) is 48.2 Å². The number of benzene rings is 2. The highest BCUT2D eigenvalue weighted by Crippen LogP contribution is 2.38. The number of likely N-dealkylation sites (N-methyl/N-ethyl adjacent to an activating group) is 1. The summed E-state index contributed by atoms with van der Waals surface area (Å²) in [5.41, 5.74) is 5.28. The molecule has 0 atom stereocenters. The molecule has 1 saturated heterocycles. The fraction of sp³-hybridized carbons (Fsp3) is 0.385. The molecule has 2 aliphatic rings. The fourth-order valence-corrected chi connectivity index (χ4v) is 4.88. The zero-order valence-electron chi connectivity index (χ0n) is 19.4. The van der Waals surface area contributed by atoms with E-state index in [4.69, 9.17) is 11.6 Å². The van der Waals surface area contributed by atoms with Gasteiger partial charge in [0.25, 0.3) is 11.8 Å². The van der Waals surface area contributed by atoms with Crippen molar-refractivity contribution in [2.75, 3.05) is 32.1 Å². The number of piperidine rings is 1. The Hall–Kier alpha value is -2.63. The van der Waals surface area contributed by atoms with E-state index in [1.165, 1.54) is 4.90 Å². The van der Waals surface area contributed by atoms with Crippen molar-refractivity contribution in [3.8, 4) is 0 Å². The highest BCUT2D eigenvalue weighted by molar-refractivity contribution is 6.45. The monoisotopic (exact) mass is 451 g/mol. The van der Waals surface area contributed by atoms with Gasteiger partial charge >= 0.3 is 0 Å². The third-order valence-electron chi connectivity index (χ3n) is 6.71. The lowest BCUT2D eigenvalue weighted by Crippen LogP contribution is -2.43. The predicted molar refractivity (Wildman–Crippen MR) is 130 cm³/mol. The maximum absolute atomic E-state index is 13.8. The molecule has 5 nitrogen and oxygen atoms in total. The minimum atomic E-state index is -0.295. The SMILES string of the molecule is Cc1ccc(C2=C(N(C)C3CCN(C)CC3)C(=O)N(c3ccc(C)c(Cl)c3)C2=O)c(C)c1. The van der Waals surface area contributed by atoms with E-state index in [9.17, 15) is 9.59 Å². The van der Waals surface area contributed by atoms with E-state index in [2.05, 4.69) is 18.0 Å². The number of imide groups is 1. The summed E-state index contributed by atoms with van der Waals surface area (Å²) < 4.78 is 0. The molecule has 6 heteroatoms. The summed E-state index contributed by atoms with van der Waals surface area (Å²) in [6, 6.07) is 11.5. The van der Waals surface area contributed by atoms with Gasteiger partial charge in [-0.1, -0.05) is 41.4 Å². The highest BCUT2D eigenvalue weighted by atomic mass is 35.5. The molecule has 2 aromatic rings. The number of aryl methyl sites for hydroxylation is 3. The standard InChI is InChI=1S/C26H30ClN3O2/c1-16-6-9-21(18(3)14-16)23-24(29(5)19-10-12-28(4)13-11-19)26(32)30(25(23)31)20-8-7-17(2)22(27)15-20/h6-9,14-15,19H,10-13H2,1-5H3. The Morgan fingerprint density at radius 2 is 1.62 bits per heavy atom. The van der Waals surface area contributed by atoms with Crippen LogP contribution in [0.4, 0.5) is 5.69 Å². The van der Waals surface area contributed by atoms with Gasteiger partial charge in [-0.3, -0.25) is 9.59 Å². The Kier molecular flexibility index (Phi) is 6.15. The predicted octanol–water partition coefficient (Wildman–Crippen LogP) is 4.58. The van der Waals surface area contributed by atoms with E-state index >= 15 is 0 Å². The first-order valence-corrected chi connectivity index (χ1v) is 11.4. The molecule has 2 heterocycles. The van der Waals surface area contributed by atoms with E-state index in [1.54, 1.807) is 12.1 Å². The smallest absolute Gasteiger partial charge is 0.282 e. The van der Waals surface area contributed by atoms with Crippen molar-refractivity contribution in [2.45, 2.75) is 39.7 Å². The Labute approximate surface area is 195 Å². The number of hydrogen-bond donors (Lipinski definition) is 0. The third-order valence-corrected chi connectivity index (χ3v) is 7.12. The maximum Gasteiger partial charge on any atom is 0.282 e. The van der Waals surface area contributed by atoms with Crippen molar-refractivity contribution in [3.05, 3.63) is 69.4 Å². The molecule has 0 unspecified atom stereocenters.